The van der Waals surface area contributed by atoms with E-state index in [9.17, 15) is 4.79 Å². The van der Waals surface area contributed by atoms with Gasteiger partial charge in [0.2, 0.25) is 0 Å². The van der Waals surface area contributed by atoms with E-state index in [1.807, 2.05) is 54.6 Å². The number of fused-ring (bicyclic) bond motifs is 2. The van der Waals surface area contributed by atoms with Crippen LogP contribution in [0, 0.1) is 0 Å². The minimum absolute atomic E-state index is 0. The molecule has 4 rings (SSSR count). The zero-order chi connectivity index (χ0) is 15.8. The first-order chi connectivity index (χ1) is 11.3. The largest absolute Gasteiger partial charge is 0 e. The summed E-state index contributed by atoms with van der Waals surface area (Å²) in [5.41, 5.74) is 7.87. The Morgan fingerprint density at radius 2 is 1.50 bits per heavy atom. The number of ketones is 1. The van der Waals surface area contributed by atoms with E-state index >= 15 is 0 Å². The molecule has 1 N–H and O–H groups in total. The number of hydrogen-bond acceptors (Lipinski definition) is 2. The first kappa shape index (κ1) is 16.9. The maximum absolute atomic E-state index is 12.9. The molecule has 0 saturated carbocycles. The number of hydrogen-bond donors (Lipinski definition) is 1. The predicted molar refractivity (Wildman–Crippen MR) is 104 cm³/mol. The van der Waals surface area contributed by atoms with Gasteiger partial charge in [0.25, 0.3) is 0 Å². The van der Waals surface area contributed by atoms with Crippen LogP contribution >= 0.6 is 0 Å². The third-order valence-electron chi connectivity index (χ3n) is 3.98. The third-order valence-corrected chi connectivity index (χ3v) is 7.67. The van der Waals surface area contributed by atoms with Gasteiger partial charge in [0.15, 0.2) is 0 Å². The fourth-order valence-corrected chi connectivity index (χ4v) is 6.02. The van der Waals surface area contributed by atoms with Crippen LogP contribution in [0.15, 0.2) is 72.8 Å². The van der Waals surface area contributed by atoms with Gasteiger partial charge in [-0.3, -0.25) is 0 Å². The van der Waals surface area contributed by atoms with Crippen molar-refractivity contribution in [3.05, 3.63) is 83.9 Å². The molecule has 1 aliphatic rings. The molecule has 1 unspecified atom stereocenters. The van der Waals surface area contributed by atoms with Gasteiger partial charge in [-0.15, -0.1) is 0 Å². The predicted octanol–water partition coefficient (Wildman–Crippen LogP) is 2.22. The van der Waals surface area contributed by atoms with Crippen molar-refractivity contribution >= 4 is 62.0 Å². The Hall–Kier alpha value is -1.96. The summed E-state index contributed by atoms with van der Waals surface area (Å²) < 4.78 is 2.47. The maximum atomic E-state index is 12.9. The summed E-state index contributed by atoms with van der Waals surface area (Å²) >= 11 is -1.36. The minimum atomic E-state index is -1.36. The number of rotatable bonds is 2. The molecular weight excluding hydrogens is 428 g/mol. The summed E-state index contributed by atoms with van der Waals surface area (Å²) in [4.78, 5) is 12.9. The molecule has 2 nitrogen and oxygen atoms in total. The first-order valence-corrected chi connectivity index (χ1v) is 10.3. The van der Waals surface area contributed by atoms with E-state index in [1.165, 1.54) is 8.92 Å². The Labute approximate surface area is 155 Å². The van der Waals surface area contributed by atoms with Crippen LogP contribution in [0.25, 0.3) is 0 Å². The molecule has 3 aromatic rings. The molecule has 4 heteroatoms. The zero-order valence-corrected chi connectivity index (χ0v) is 16.3. The van der Waals surface area contributed by atoms with Crippen molar-refractivity contribution in [2.45, 2.75) is 0 Å². The molecule has 3 aromatic carbocycles. The Kier molecular flexibility index (Phi) is 4.84. The molecule has 118 valence electrons. The van der Waals surface area contributed by atoms with Crippen LogP contribution < -0.4 is 14.2 Å². The van der Waals surface area contributed by atoms with Crippen molar-refractivity contribution in [2.24, 2.45) is 0 Å². The molecule has 0 aromatic heterocycles. The minimum Gasteiger partial charge on any atom is 0 e. The molecular formula is C20H15NOSe2. The summed E-state index contributed by atoms with van der Waals surface area (Å²) in [6.07, 6.45) is 0. The van der Waals surface area contributed by atoms with Gasteiger partial charge in [-0.2, -0.15) is 0 Å². The SMILES string of the molecule is C=[Se]1c2ccccc2Nc2c(C(=O)c3ccccc3)cccc21.[Se]. The van der Waals surface area contributed by atoms with Crippen LogP contribution in [0.5, 0.6) is 0 Å². The van der Waals surface area contributed by atoms with Crippen LogP contribution in [0.4, 0.5) is 11.4 Å². The van der Waals surface area contributed by atoms with Gasteiger partial charge in [-0.25, -0.2) is 0 Å². The van der Waals surface area contributed by atoms with Crippen LogP contribution in [0.3, 0.4) is 0 Å². The van der Waals surface area contributed by atoms with Gasteiger partial charge < -0.3 is 0 Å². The number of nitrogens with one attached hydrogen (secondary N) is 1. The molecule has 0 spiro atoms. The summed E-state index contributed by atoms with van der Waals surface area (Å²) in [5, 5.41) is 3.46. The molecule has 1 atom stereocenters. The van der Waals surface area contributed by atoms with Crippen LogP contribution in [0.2, 0.25) is 0 Å². The molecule has 24 heavy (non-hydrogen) atoms. The molecule has 0 amide bonds. The number of benzene rings is 3. The number of carbonyl (C=O) groups excluding carboxylic acids is 1. The molecule has 1 aliphatic heterocycles. The Morgan fingerprint density at radius 3 is 2.29 bits per heavy atom. The fraction of sp³-hybridized carbons (Fsp3) is 0. The average molecular weight is 443 g/mol. The van der Waals surface area contributed by atoms with Crippen molar-refractivity contribution in [1.29, 1.82) is 0 Å². The second kappa shape index (κ2) is 6.88. The van der Waals surface area contributed by atoms with Gasteiger partial charge >= 0.3 is 139 Å². The first-order valence-electron chi connectivity index (χ1n) is 7.38. The van der Waals surface area contributed by atoms with E-state index in [2.05, 4.69) is 28.9 Å². The van der Waals surface area contributed by atoms with Crippen molar-refractivity contribution < 1.29 is 4.79 Å². The van der Waals surface area contributed by atoms with Crippen molar-refractivity contribution in [1.82, 2.24) is 0 Å². The number of anilines is 2. The number of carbonyl (C=O) groups is 1. The third kappa shape index (κ3) is 2.79. The second-order valence-electron chi connectivity index (χ2n) is 5.39. The molecule has 0 saturated heterocycles. The van der Waals surface area contributed by atoms with Crippen LogP contribution in [-0.4, -0.2) is 41.7 Å². The molecule has 2 radical (unpaired) electrons. The summed E-state index contributed by atoms with van der Waals surface area (Å²) in [7, 11) is 0. The van der Waals surface area contributed by atoms with E-state index in [1.54, 1.807) is 0 Å². The summed E-state index contributed by atoms with van der Waals surface area (Å²) in [6.45, 7) is 0. The Bertz CT molecular complexity index is 935. The van der Waals surface area contributed by atoms with Gasteiger partial charge in [0.05, 0.1) is 0 Å². The van der Waals surface area contributed by atoms with Crippen LogP contribution in [-0.2, 0) is 0 Å². The van der Waals surface area contributed by atoms with E-state index in [4.69, 9.17) is 0 Å². The van der Waals surface area contributed by atoms with Crippen molar-refractivity contribution in [3.63, 3.8) is 0 Å². The normalized spacial score (nSPS) is 14.6. The average Bonchev–Trinajstić information content (AvgIpc) is 2.62. The van der Waals surface area contributed by atoms with Crippen LogP contribution in [0.1, 0.15) is 15.9 Å². The molecule has 0 fully saturated rings. The van der Waals surface area contributed by atoms with Gasteiger partial charge in [0.1, 0.15) is 0 Å². The van der Waals surface area contributed by atoms with E-state index in [0.29, 0.717) is 5.56 Å². The molecule has 1 heterocycles. The zero-order valence-electron chi connectivity index (χ0n) is 12.9. The number of para-hydroxylation sites is 2. The van der Waals surface area contributed by atoms with E-state index in [0.717, 1.165) is 16.9 Å². The monoisotopic (exact) mass is 445 g/mol. The maximum Gasteiger partial charge on any atom is 0 e. The van der Waals surface area contributed by atoms with E-state index < -0.39 is 13.5 Å². The summed E-state index contributed by atoms with van der Waals surface area (Å²) in [6, 6.07) is 23.6. The fourth-order valence-electron chi connectivity index (χ4n) is 2.84. The van der Waals surface area contributed by atoms with Gasteiger partial charge in [-0.05, 0) is 0 Å². The van der Waals surface area contributed by atoms with E-state index in [-0.39, 0.29) is 22.9 Å². The van der Waals surface area contributed by atoms with Gasteiger partial charge in [-0.1, -0.05) is 0 Å². The quantitative estimate of drug-likeness (QED) is 0.381. The standard InChI is InChI=1S/C20H15NOSe.Se/c1-23-17-12-6-5-11-16(17)21-19-15(10-7-13-18(19)23)20(22)14-8-3-2-4-9-14;/h2-13,21H,1H2;. The summed E-state index contributed by atoms with van der Waals surface area (Å²) in [5.74, 6) is 0.0492. The molecule has 0 aliphatic carbocycles. The Balaban J connectivity index is 0.00000169. The smallest absolute Gasteiger partial charge is 0 e. The second-order valence-corrected chi connectivity index (χ2v) is 8.87. The Morgan fingerprint density at radius 1 is 0.833 bits per heavy atom. The van der Waals surface area contributed by atoms with Crippen molar-refractivity contribution in [3.8, 4) is 0 Å². The molecule has 0 bridgehead atoms. The van der Waals surface area contributed by atoms with Crippen molar-refractivity contribution in [2.75, 3.05) is 5.32 Å². The van der Waals surface area contributed by atoms with Gasteiger partial charge in [0, 0.05) is 17.1 Å². The topological polar surface area (TPSA) is 29.1 Å².